The number of aryl methyl sites for hydroxylation is 1. The number of rotatable bonds is 5. The largest absolute Gasteiger partial charge is 0.375 e. The zero-order chi connectivity index (χ0) is 20.5. The highest BCUT2D eigenvalue weighted by molar-refractivity contribution is 7.07. The molecule has 0 radical (unpaired) electrons. The molecule has 2 unspecified atom stereocenters. The molecule has 0 fully saturated rings. The molecule has 2 atom stereocenters. The number of amides is 3. The van der Waals surface area contributed by atoms with E-state index in [4.69, 9.17) is 4.74 Å². The Morgan fingerprint density at radius 3 is 2.90 bits per heavy atom. The van der Waals surface area contributed by atoms with Crippen LogP contribution in [0.5, 0.6) is 0 Å². The highest BCUT2D eigenvalue weighted by Crippen LogP contribution is 2.44. The number of nitrogens with one attached hydrogen (secondary N) is 2. The molecule has 2 aromatic rings. The van der Waals surface area contributed by atoms with Crippen LogP contribution in [-0.2, 0) is 25.5 Å². The number of nitrogens with zero attached hydrogens (tertiary/aromatic N) is 1. The SMILES string of the molecule is COC(CNC(=O)C(=O)Nc1cc2c3c(c1)C(C)C(=O)N3CCC2)c1ccsc1. The van der Waals surface area contributed by atoms with Crippen LogP contribution in [0.4, 0.5) is 11.4 Å². The molecule has 2 N–H and O–H groups in total. The molecule has 3 heterocycles. The Kier molecular flexibility index (Phi) is 5.38. The van der Waals surface area contributed by atoms with Crippen molar-refractivity contribution in [3.8, 4) is 0 Å². The van der Waals surface area contributed by atoms with Gasteiger partial charge in [0, 0.05) is 25.9 Å². The van der Waals surface area contributed by atoms with Crippen molar-refractivity contribution in [1.29, 1.82) is 0 Å². The summed E-state index contributed by atoms with van der Waals surface area (Å²) in [6, 6.07) is 5.60. The van der Waals surface area contributed by atoms with Gasteiger partial charge in [-0.1, -0.05) is 0 Å². The summed E-state index contributed by atoms with van der Waals surface area (Å²) in [5.41, 5.74) is 4.44. The van der Waals surface area contributed by atoms with Gasteiger partial charge in [-0.15, -0.1) is 0 Å². The van der Waals surface area contributed by atoms with Crippen LogP contribution in [0.15, 0.2) is 29.0 Å². The Labute approximate surface area is 173 Å². The van der Waals surface area contributed by atoms with Crippen molar-refractivity contribution in [1.82, 2.24) is 5.32 Å². The van der Waals surface area contributed by atoms with Crippen LogP contribution in [-0.4, -0.2) is 37.9 Å². The molecule has 0 saturated heterocycles. The van der Waals surface area contributed by atoms with Gasteiger partial charge >= 0.3 is 11.8 Å². The lowest BCUT2D eigenvalue weighted by atomic mass is 9.96. The number of anilines is 2. The van der Waals surface area contributed by atoms with Gasteiger partial charge in [0.2, 0.25) is 5.91 Å². The van der Waals surface area contributed by atoms with Crippen LogP contribution in [0.25, 0.3) is 0 Å². The van der Waals surface area contributed by atoms with Gasteiger partial charge in [-0.2, -0.15) is 11.3 Å². The second kappa shape index (κ2) is 7.96. The van der Waals surface area contributed by atoms with Crippen molar-refractivity contribution in [2.24, 2.45) is 0 Å². The van der Waals surface area contributed by atoms with E-state index in [9.17, 15) is 14.4 Å². The third-order valence-corrected chi connectivity index (χ3v) is 6.23. The fourth-order valence-corrected chi connectivity index (χ4v) is 4.72. The molecule has 0 saturated carbocycles. The Hall–Kier alpha value is -2.71. The van der Waals surface area contributed by atoms with E-state index in [0.717, 1.165) is 41.8 Å². The standard InChI is InChI=1S/C21H23N3O4S/c1-12-16-9-15(8-13-4-3-6-24(18(13)16)21(12)27)23-20(26)19(25)22-10-17(28-2)14-5-7-29-11-14/h5,7-9,11-12,17H,3-4,6,10H2,1-2H3,(H,22,25)(H,23,26). The van der Waals surface area contributed by atoms with Crippen molar-refractivity contribution < 1.29 is 19.1 Å². The number of ether oxygens (including phenoxy) is 1. The average molecular weight is 413 g/mol. The summed E-state index contributed by atoms with van der Waals surface area (Å²) in [6.07, 6.45) is 1.44. The third-order valence-electron chi connectivity index (χ3n) is 5.53. The number of hydrogen-bond acceptors (Lipinski definition) is 5. The van der Waals surface area contributed by atoms with Crippen molar-refractivity contribution in [3.63, 3.8) is 0 Å². The van der Waals surface area contributed by atoms with E-state index in [0.29, 0.717) is 5.69 Å². The molecular weight excluding hydrogens is 390 g/mol. The molecule has 1 aromatic heterocycles. The molecule has 1 aromatic carbocycles. The maximum atomic E-state index is 12.5. The lowest BCUT2D eigenvalue weighted by Crippen LogP contribution is -2.38. The molecule has 0 aliphatic carbocycles. The minimum Gasteiger partial charge on any atom is -0.375 e. The minimum absolute atomic E-state index is 0.0983. The zero-order valence-corrected chi connectivity index (χ0v) is 17.2. The van der Waals surface area contributed by atoms with E-state index in [1.54, 1.807) is 24.5 Å². The summed E-state index contributed by atoms with van der Waals surface area (Å²) >= 11 is 1.54. The highest BCUT2D eigenvalue weighted by Gasteiger charge is 2.38. The minimum atomic E-state index is -0.734. The quantitative estimate of drug-likeness (QED) is 0.738. The fourth-order valence-electron chi connectivity index (χ4n) is 4.02. The van der Waals surface area contributed by atoms with Crippen molar-refractivity contribution in [2.45, 2.75) is 31.8 Å². The lowest BCUT2D eigenvalue weighted by Gasteiger charge is -2.26. The van der Waals surface area contributed by atoms with Crippen LogP contribution in [0, 0.1) is 0 Å². The van der Waals surface area contributed by atoms with Crippen LogP contribution < -0.4 is 15.5 Å². The van der Waals surface area contributed by atoms with Gasteiger partial charge in [0.1, 0.15) is 6.10 Å². The molecule has 2 aliphatic heterocycles. The summed E-state index contributed by atoms with van der Waals surface area (Å²) in [6.45, 7) is 2.82. The normalized spacial score (nSPS) is 18.3. The van der Waals surface area contributed by atoms with Gasteiger partial charge in [-0.3, -0.25) is 14.4 Å². The molecule has 0 bridgehead atoms. The van der Waals surface area contributed by atoms with Gasteiger partial charge in [-0.25, -0.2) is 0 Å². The molecule has 3 amide bonds. The maximum absolute atomic E-state index is 12.5. The molecular formula is C21H23N3O4S. The number of benzene rings is 1. The van der Waals surface area contributed by atoms with E-state index in [1.807, 2.05) is 34.7 Å². The molecule has 2 aliphatic rings. The summed E-state index contributed by atoms with van der Waals surface area (Å²) in [5, 5.41) is 9.18. The molecule has 152 valence electrons. The van der Waals surface area contributed by atoms with Gasteiger partial charge in [0.05, 0.1) is 11.6 Å². The summed E-state index contributed by atoms with van der Waals surface area (Å²) in [5.74, 6) is -1.59. The Balaban J connectivity index is 1.44. The van der Waals surface area contributed by atoms with Gasteiger partial charge in [0.15, 0.2) is 0 Å². The smallest absolute Gasteiger partial charge is 0.313 e. The first-order valence-electron chi connectivity index (χ1n) is 9.62. The predicted octanol–water partition coefficient (Wildman–Crippen LogP) is 2.59. The molecule has 7 nitrogen and oxygen atoms in total. The monoisotopic (exact) mass is 413 g/mol. The Morgan fingerprint density at radius 1 is 1.34 bits per heavy atom. The van der Waals surface area contributed by atoms with E-state index in [-0.39, 0.29) is 24.5 Å². The second-order valence-electron chi connectivity index (χ2n) is 7.33. The molecule has 8 heteroatoms. The Bertz CT molecular complexity index is 957. The lowest BCUT2D eigenvalue weighted by molar-refractivity contribution is -0.136. The first-order chi connectivity index (χ1) is 14.0. The molecule has 4 rings (SSSR count). The summed E-state index contributed by atoms with van der Waals surface area (Å²) in [7, 11) is 1.57. The van der Waals surface area contributed by atoms with Crippen molar-refractivity contribution >= 4 is 40.4 Å². The topological polar surface area (TPSA) is 87.7 Å². The first kappa shape index (κ1) is 19.6. The van der Waals surface area contributed by atoms with E-state index in [2.05, 4.69) is 10.6 Å². The summed E-state index contributed by atoms with van der Waals surface area (Å²) < 4.78 is 5.39. The first-order valence-corrected chi connectivity index (χ1v) is 10.6. The fraction of sp³-hybridized carbons (Fsp3) is 0.381. The van der Waals surface area contributed by atoms with E-state index in [1.165, 1.54) is 0 Å². The Morgan fingerprint density at radius 2 is 2.17 bits per heavy atom. The number of thiophene rings is 1. The highest BCUT2D eigenvalue weighted by atomic mass is 32.1. The number of carbonyl (C=O) groups is 3. The van der Waals surface area contributed by atoms with Crippen LogP contribution >= 0.6 is 11.3 Å². The van der Waals surface area contributed by atoms with Gasteiger partial charge in [0.25, 0.3) is 0 Å². The number of methoxy groups -OCH3 is 1. The number of carbonyl (C=O) groups excluding carboxylic acids is 3. The van der Waals surface area contributed by atoms with Crippen molar-refractivity contribution in [2.75, 3.05) is 30.4 Å². The second-order valence-corrected chi connectivity index (χ2v) is 8.11. The number of hydrogen-bond donors (Lipinski definition) is 2. The summed E-state index contributed by atoms with van der Waals surface area (Å²) in [4.78, 5) is 39.0. The van der Waals surface area contributed by atoms with E-state index < -0.39 is 11.8 Å². The van der Waals surface area contributed by atoms with Crippen LogP contribution in [0.1, 0.15) is 42.1 Å². The van der Waals surface area contributed by atoms with E-state index >= 15 is 0 Å². The molecule has 0 spiro atoms. The van der Waals surface area contributed by atoms with Gasteiger partial charge in [-0.05, 0) is 65.4 Å². The van der Waals surface area contributed by atoms with Gasteiger partial charge < -0.3 is 20.3 Å². The molecule has 29 heavy (non-hydrogen) atoms. The average Bonchev–Trinajstić information content (AvgIpc) is 3.33. The third kappa shape index (κ3) is 3.65. The van der Waals surface area contributed by atoms with Crippen LogP contribution in [0.2, 0.25) is 0 Å². The maximum Gasteiger partial charge on any atom is 0.313 e. The van der Waals surface area contributed by atoms with Crippen molar-refractivity contribution in [3.05, 3.63) is 45.6 Å². The van der Waals surface area contributed by atoms with Crippen LogP contribution in [0.3, 0.4) is 0 Å². The zero-order valence-electron chi connectivity index (χ0n) is 16.4. The predicted molar refractivity (Wildman–Crippen MR) is 111 cm³/mol.